The number of amides is 1. The molecule has 0 radical (unpaired) electrons. The summed E-state index contributed by atoms with van der Waals surface area (Å²) in [5.74, 6) is -0.704. The number of esters is 1. The molecule has 18 heavy (non-hydrogen) atoms. The van der Waals surface area contributed by atoms with Crippen molar-refractivity contribution in [1.29, 1.82) is 0 Å². The van der Waals surface area contributed by atoms with Gasteiger partial charge in [-0.1, -0.05) is 11.6 Å². The summed E-state index contributed by atoms with van der Waals surface area (Å²) in [5.41, 5.74) is 0.450. The smallest absolute Gasteiger partial charge is 0.325 e. The van der Waals surface area contributed by atoms with Crippen molar-refractivity contribution < 1.29 is 14.3 Å². The van der Waals surface area contributed by atoms with Crippen molar-refractivity contribution in [2.24, 2.45) is 0 Å². The third kappa shape index (κ3) is 3.99. The summed E-state index contributed by atoms with van der Waals surface area (Å²) in [5, 5.41) is 0.534. The van der Waals surface area contributed by atoms with E-state index in [1.165, 1.54) is 4.90 Å². The van der Waals surface area contributed by atoms with E-state index in [0.29, 0.717) is 21.7 Å². The third-order valence-electron chi connectivity index (χ3n) is 2.18. The van der Waals surface area contributed by atoms with Crippen LogP contribution in [0, 0.1) is 0 Å². The van der Waals surface area contributed by atoms with Gasteiger partial charge in [0.25, 0.3) is 5.91 Å². The summed E-state index contributed by atoms with van der Waals surface area (Å²) < 4.78 is 5.38. The Hall–Kier alpha value is -1.07. The van der Waals surface area contributed by atoms with Crippen molar-refractivity contribution in [3.8, 4) is 0 Å². The van der Waals surface area contributed by atoms with E-state index in [9.17, 15) is 9.59 Å². The lowest BCUT2D eigenvalue weighted by atomic mass is 10.2. The van der Waals surface area contributed by atoms with Crippen LogP contribution < -0.4 is 0 Å². The first-order chi connectivity index (χ1) is 8.45. The van der Waals surface area contributed by atoms with Crippen LogP contribution in [0.2, 0.25) is 5.02 Å². The molecule has 1 amide bonds. The van der Waals surface area contributed by atoms with Crippen LogP contribution in [0.1, 0.15) is 17.3 Å². The Labute approximate surface area is 119 Å². The molecule has 0 heterocycles. The van der Waals surface area contributed by atoms with E-state index in [0.717, 1.165) is 0 Å². The van der Waals surface area contributed by atoms with Gasteiger partial charge in [-0.25, -0.2) is 0 Å². The molecule has 0 aliphatic carbocycles. The van der Waals surface area contributed by atoms with Crippen LogP contribution in [0.15, 0.2) is 22.7 Å². The molecule has 6 heteroatoms. The standard InChI is InChI=1S/C12H13BrClNO3/c1-3-18-11(16)7-15(2)12(17)9-5-4-8(14)6-10(9)13/h4-6H,3,7H2,1-2H3. The van der Waals surface area contributed by atoms with Crippen molar-refractivity contribution in [3.05, 3.63) is 33.3 Å². The highest BCUT2D eigenvalue weighted by Crippen LogP contribution is 2.22. The molecule has 0 N–H and O–H groups in total. The Bertz CT molecular complexity index is 465. The molecule has 0 spiro atoms. The van der Waals surface area contributed by atoms with Gasteiger partial charge in [0.05, 0.1) is 12.2 Å². The number of ether oxygens (including phenoxy) is 1. The number of hydrogen-bond donors (Lipinski definition) is 0. The lowest BCUT2D eigenvalue weighted by Gasteiger charge is -2.16. The van der Waals surface area contributed by atoms with Crippen LogP contribution in [-0.4, -0.2) is 37.0 Å². The molecule has 0 fully saturated rings. The van der Waals surface area contributed by atoms with Gasteiger partial charge >= 0.3 is 5.97 Å². The lowest BCUT2D eigenvalue weighted by Crippen LogP contribution is -2.33. The summed E-state index contributed by atoms with van der Waals surface area (Å²) in [6.45, 7) is 1.93. The predicted molar refractivity (Wildman–Crippen MR) is 72.7 cm³/mol. The number of carbonyl (C=O) groups is 2. The minimum absolute atomic E-state index is 0.0816. The first-order valence-corrected chi connectivity index (χ1v) is 6.49. The normalized spacial score (nSPS) is 10.0. The Kier molecular flexibility index (Phi) is 5.62. The van der Waals surface area contributed by atoms with Crippen molar-refractivity contribution in [3.63, 3.8) is 0 Å². The quantitative estimate of drug-likeness (QED) is 0.795. The van der Waals surface area contributed by atoms with E-state index >= 15 is 0 Å². The van der Waals surface area contributed by atoms with Gasteiger partial charge in [-0.3, -0.25) is 9.59 Å². The first-order valence-electron chi connectivity index (χ1n) is 5.31. The molecular weight excluding hydrogens is 321 g/mol. The van der Waals surface area contributed by atoms with Crippen LogP contribution >= 0.6 is 27.5 Å². The molecule has 1 aromatic rings. The summed E-state index contributed by atoms with van der Waals surface area (Å²) in [7, 11) is 1.54. The number of benzene rings is 1. The Balaban J connectivity index is 2.77. The number of likely N-dealkylation sites (N-methyl/N-ethyl adjacent to an activating group) is 1. The Morgan fingerprint density at radius 1 is 1.44 bits per heavy atom. The second-order valence-electron chi connectivity index (χ2n) is 3.59. The molecular formula is C12H13BrClNO3. The van der Waals surface area contributed by atoms with Crippen LogP contribution in [0.5, 0.6) is 0 Å². The zero-order valence-electron chi connectivity index (χ0n) is 10.1. The van der Waals surface area contributed by atoms with Gasteiger partial charge in [0.2, 0.25) is 0 Å². The molecule has 4 nitrogen and oxygen atoms in total. The minimum atomic E-state index is -0.432. The van der Waals surface area contributed by atoms with Gasteiger partial charge in [-0.2, -0.15) is 0 Å². The van der Waals surface area contributed by atoms with Crippen molar-refractivity contribution >= 4 is 39.4 Å². The zero-order chi connectivity index (χ0) is 13.7. The van der Waals surface area contributed by atoms with Crippen LogP contribution in [0.4, 0.5) is 0 Å². The van der Waals surface area contributed by atoms with E-state index in [1.54, 1.807) is 32.2 Å². The number of carbonyl (C=O) groups excluding carboxylic acids is 2. The van der Waals surface area contributed by atoms with Crippen molar-refractivity contribution in [2.45, 2.75) is 6.92 Å². The number of rotatable bonds is 4. The molecule has 1 aromatic carbocycles. The van der Waals surface area contributed by atoms with Crippen molar-refractivity contribution in [2.75, 3.05) is 20.2 Å². The average molecular weight is 335 g/mol. The fourth-order valence-corrected chi connectivity index (χ4v) is 2.19. The van der Waals surface area contributed by atoms with Gasteiger partial charge in [0.1, 0.15) is 6.54 Å². The molecule has 0 atom stereocenters. The fraction of sp³-hybridized carbons (Fsp3) is 0.333. The van der Waals surface area contributed by atoms with E-state index in [-0.39, 0.29) is 12.5 Å². The first kappa shape index (κ1) is 15.0. The number of hydrogen-bond acceptors (Lipinski definition) is 3. The summed E-state index contributed by atoms with van der Waals surface area (Å²) in [6, 6.07) is 4.86. The molecule has 0 aliphatic rings. The molecule has 0 aliphatic heterocycles. The summed E-state index contributed by atoms with van der Waals surface area (Å²) in [6.07, 6.45) is 0. The maximum Gasteiger partial charge on any atom is 0.325 e. The second kappa shape index (κ2) is 6.75. The van der Waals surface area contributed by atoms with E-state index in [2.05, 4.69) is 15.9 Å². The maximum absolute atomic E-state index is 12.1. The molecule has 0 aromatic heterocycles. The Morgan fingerprint density at radius 3 is 2.67 bits per heavy atom. The highest BCUT2D eigenvalue weighted by Gasteiger charge is 2.17. The lowest BCUT2D eigenvalue weighted by molar-refractivity contribution is -0.143. The largest absolute Gasteiger partial charge is 0.465 e. The predicted octanol–water partition coefficient (Wildman–Crippen LogP) is 2.74. The van der Waals surface area contributed by atoms with Gasteiger partial charge in [-0.15, -0.1) is 0 Å². The average Bonchev–Trinajstić information content (AvgIpc) is 2.28. The second-order valence-corrected chi connectivity index (χ2v) is 4.88. The Morgan fingerprint density at radius 2 is 2.11 bits per heavy atom. The van der Waals surface area contributed by atoms with Crippen LogP contribution in [-0.2, 0) is 9.53 Å². The van der Waals surface area contributed by atoms with E-state index in [1.807, 2.05) is 0 Å². The van der Waals surface area contributed by atoms with E-state index in [4.69, 9.17) is 16.3 Å². The molecule has 0 saturated heterocycles. The third-order valence-corrected chi connectivity index (χ3v) is 3.07. The van der Waals surface area contributed by atoms with Gasteiger partial charge in [0, 0.05) is 16.5 Å². The number of halogens is 2. The van der Waals surface area contributed by atoms with Crippen LogP contribution in [0.3, 0.4) is 0 Å². The van der Waals surface area contributed by atoms with Gasteiger partial charge in [0.15, 0.2) is 0 Å². The minimum Gasteiger partial charge on any atom is -0.465 e. The van der Waals surface area contributed by atoms with Crippen LogP contribution in [0.25, 0.3) is 0 Å². The highest BCUT2D eigenvalue weighted by atomic mass is 79.9. The van der Waals surface area contributed by atoms with Crippen molar-refractivity contribution in [1.82, 2.24) is 4.90 Å². The molecule has 1 rings (SSSR count). The molecule has 0 saturated carbocycles. The number of nitrogens with zero attached hydrogens (tertiary/aromatic N) is 1. The SMILES string of the molecule is CCOC(=O)CN(C)C(=O)c1ccc(Cl)cc1Br. The fourth-order valence-electron chi connectivity index (χ4n) is 1.34. The van der Waals surface area contributed by atoms with Gasteiger partial charge < -0.3 is 9.64 Å². The zero-order valence-corrected chi connectivity index (χ0v) is 12.4. The monoisotopic (exact) mass is 333 g/mol. The topological polar surface area (TPSA) is 46.6 Å². The molecule has 98 valence electrons. The summed E-state index contributed by atoms with van der Waals surface area (Å²) in [4.78, 5) is 24.6. The highest BCUT2D eigenvalue weighted by molar-refractivity contribution is 9.10. The van der Waals surface area contributed by atoms with E-state index < -0.39 is 5.97 Å². The van der Waals surface area contributed by atoms with Gasteiger partial charge in [-0.05, 0) is 41.1 Å². The summed E-state index contributed by atoms with van der Waals surface area (Å²) >= 11 is 9.06. The molecule has 0 unspecified atom stereocenters. The molecule has 0 bridgehead atoms. The maximum atomic E-state index is 12.1.